The average Bonchev–Trinajstić information content (AvgIpc) is 3.96. The van der Waals surface area contributed by atoms with Crippen molar-refractivity contribution in [3.63, 3.8) is 0 Å². The number of nitrogens with zero attached hydrogens (tertiary/aromatic N) is 4. The number of rotatable bonds is 11. The number of hydrogen-bond acceptors (Lipinski definition) is 2. The second kappa shape index (κ2) is 18.3. The van der Waals surface area contributed by atoms with Gasteiger partial charge in [0.05, 0.1) is 11.4 Å². The maximum atomic E-state index is 6.68. The largest absolute Gasteiger partial charge is 0.510 e. The fourth-order valence-electron chi connectivity index (χ4n) is 9.57. The van der Waals surface area contributed by atoms with Crippen LogP contribution in [-0.2, 0) is 42.7 Å². The van der Waals surface area contributed by atoms with E-state index in [1.807, 2.05) is 24.4 Å². The molecule has 7 aromatic carbocycles. The van der Waals surface area contributed by atoms with Crippen molar-refractivity contribution in [1.82, 2.24) is 14.1 Å². The molecule has 3 heterocycles. The van der Waals surface area contributed by atoms with Gasteiger partial charge >= 0.3 is 0 Å². The molecule has 5 nitrogen and oxygen atoms in total. The van der Waals surface area contributed by atoms with Crippen LogP contribution in [0, 0.1) is 18.5 Å². The van der Waals surface area contributed by atoms with Crippen molar-refractivity contribution in [2.45, 2.75) is 84.0 Å². The van der Waals surface area contributed by atoms with Gasteiger partial charge in [-0.2, -0.15) is 18.2 Å². The zero-order valence-corrected chi connectivity index (χ0v) is 43.2. The van der Waals surface area contributed by atoms with Crippen LogP contribution in [0.3, 0.4) is 0 Å². The first kappa shape index (κ1) is 47.3. The van der Waals surface area contributed by atoms with E-state index in [0.717, 1.165) is 44.7 Å². The third-order valence-corrected chi connectivity index (χ3v) is 14.1. The van der Waals surface area contributed by atoms with Gasteiger partial charge in [0.25, 0.3) is 6.33 Å². The van der Waals surface area contributed by atoms with Crippen LogP contribution in [0.25, 0.3) is 39.0 Å². The minimum Gasteiger partial charge on any atom is -0.510 e. The van der Waals surface area contributed by atoms with Crippen LogP contribution >= 0.6 is 0 Å². The number of hydrogen-bond donors (Lipinski definition) is 0. The molecule has 6 heteroatoms. The Bertz CT molecular complexity index is 3360. The van der Waals surface area contributed by atoms with Gasteiger partial charge in [0, 0.05) is 66.7 Å². The van der Waals surface area contributed by atoms with E-state index in [4.69, 9.17) is 9.72 Å². The van der Waals surface area contributed by atoms with Gasteiger partial charge in [-0.05, 0) is 80.2 Å². The smallest absolute Gasteiger partial charge is 0.267 e. The Hall–Kier alpha value is -6.81. The molecule has 0 atom stereocenters. The third kappa shape index (κ3) is 8.90. The predicted molar refractivity (Wildman–Crippen MR) is 277 cm³/mol. The van der Waals surface area contributed by atoms with Gasteiger partial charge in [-0.25, -0.2) is 4.98 Å². The maximum Gasteiger partial charge on any atom is 0.267 e. The van der Waals surface area contributed by atoms with Crippen LogP contribution in [0.5, 0.6) is 11.5 Å². The summed E-state index contributed by atoms with van der Waals surface area (Å²) in [5, 5.41) is 2.22. The van der Waals surface area contributed by atoms with Crippen LogP contribution in [0.15, 0.2) is 188 Å². The summed E-state index contributed by atoms with van der Waals surface area (Å²) >= 11 is 0. The molecule has 348 valence electrons. The van der Waals surface area contributed by atoms with Crippen molar-refractivity contribution in [2.24, 2.45) is 0 Å². The Labute approximate surface area is 422 Å². The summed E-state index contributed by atoms with van der Waals surface area (Å²) in [6, 6.07) is 69.6. The first-order valence-corrected chi connectivity index (χ1v) is 23.6. The molecule has 0 aliphatic rings. The SMILES string of the molecule is CC(C)(C)c1ccnc(-n2c3[c-]c(Oc4[c-]c(-n5[c-][n+](-c6cc(C(C)(C)c7ccccc7)cc(C(C)(C)c7ccccc7)c6)c(C(C)(C)c6ccccc6)c5)ccc4)ccc3c3ccccc32)c1.[Pt]. The van der Waals surface area contributed by atoms with Crippen molar-refractivity contribution in [3.05, 3.63) is 246 Å². The van der Waals surface area contributed by atoms with Gasteiger partial charge in [-0.15, -0.1) is 29.7 Å². The molecule has 69 heavy (non-hydrogen) atoms. The number of ether oxygens (including phenoxy) is 1. The summed E-state index contributed by atoms with van der Waals surface area (Å²) in [5.74, 6) is 2.01. The van der Waals surface area contributed by atoms with Crippen LogP contribution in [-0.4, -0.2) is 14.1 Å². The normalized spacial score (nSPS) is 12.3. The molecule has 0 spiro atoms. The summed E-state index contributed by atoms with van der Waals surface area (Å²) in [5.41, 5.74) is 11.2. The van der Waals surface area contributed by atoms with E-state index < -0.39 is 5.41 Å². The molecule has 0 N–H and O–H groups in total. The fourth-order valence-corrected chi connectivity index (χ4v) is 9.57. The van der Waals surface area contributed by atoms with E-state index in [1.165, 1.54) is 33.4 Å². The van der Waals surface area contributed by atoms with Crippen LogP contribution in [0.4, 0.5) is 0 Å². The van der Waals surface area contributed by atoms with Crippen LogP contribution in [0.2, 0.25) is 0 Å². The Morgan fingerprint density at radius 3 is 1.67 bits per heavy atom. The molecule has 0 bridgehead atoms. The second-order valence-corrected chi connectivity index (χ2v) is 20.7. The molecular formula is C63H58N4OPt-2. The summed E-state index contributed by atoms with van der Waals surface area (Å²) < 4.78 is 13.2. The summed E-state index contributed by atoms with van der Waals surface area (Å²) in [4.78, 5) is 4.87. The summed E-state index contributed by atoms with van der Waals surface area (Å²) in [6.45, 7) is 20.6. The van der Waals surface area contributed by atoms with Gasteiger partial charge in [0.15, 0.2) is 0 Å². The molecule has 0 amide bonds. The van der Waals surface area contributed by atoms with E-state index in [1.54, 1.807) is 0 Å². The summed E-state index contributed by atoms with van der Waals surface area (Å²) in [7, 11) is 0. The molecule has 0 aliphatic carbocycles. The van der Waals surface area contributed by atoms with E-state index in [2.05, 4.69) is 258 Å². The second-order valence-electron chi connectivity index (χ2n) is 20.7. The predicted octanol–water partition coefficient (Wildman–Crippen LogP) is 14.7. The number of aromatic nitrogens is 4. The Morgan fingerprint density at radius 1 is 0.493 bits per heavy atom. The summed E-state index contributed by atoms with van der Waals surface area (Å²) in [6.07, 6.45) is 7.93. The molecule has 0 radical (unpaired) electrons. The number of para-hydroxylation sites is 1. The molecule has 3 aromatic heterocycles. The number of pyridine rings is 1. The fraction of sp³-hybridized carbons (Fsp3) is 0.206. The van der Waals surface area contributed by atoms with E-state index in [0.29, 0.717) is 11.5 Å². The van der Waals surface area contributed by atoms with E-state index in [9.17, 15) is 0 Å². The standard InChI is InChI=1S/C63H58N4O.Pt/c1-60(2,3)47-34-35-64-59(39-47)67-56-31-20-19-30-54(56)55-33-32-53(41-57(55)67)68-52-29-21-28-50(40-52)65-42-58(63(8,9)46-26-17-12-18-27-46)66(43-65)51-37-48(61(4,5)44-22-13-10-14-23-44)36-49(38-51)62(6,7)45-24-15-11-16-25-45;/h10-39,42H,1-9H3;/q-2;. The number of benzene rings is 7. The molecule has 0 saturated heterocycles. The Kier molecular flexibility index (Phi) is 12.5. The van der Waals surface area contributed by atoms with Crippen molar-refractivity contribution in [3.8, 4) is 28.7 Å². The first-order chi connectivity index (χ1) is 32.6. The maximum absolute atomic E-state index is 6.68. The zero-order valence-electron chi connectivity index (χ0n) is 40.9. The monoisotopic (exact) mass is 1080 g/mol. The van der Waals surface area contributed by atoms with Gasteiger partial charge in [0.1, 0.15) is 5.82 Å². The van der Waals surface area contributed by atoms with Crippen molar-refractivity contribution in [2.75, 3.05) is 0 Å². The molecule has 0 saturated carbocycles. The molecular weight excluding hydrogens is 1020 g/mol. The minimum atomic E-state index is -0.415. The topological polar surface area (TPSA) is 35.9 Å². The molecule has 0 aliphatic heterocycles. The van der Waals surface area contributed by atoms with Crippen molar-refractivity contribution in [1.29, 1.82) is 0 Å². The quantitative estimate of drug-likeness (QED) is 0.0956. The molecule has 10 rings (SSSR count). The van der Waals surface area contributed by atoms with Gasteiger partial charge in [-0.3, -0.25) is 4.57 Å². The van der Waals surface area contributed by atoms with E-state index in [-0.39, 0.29) is 37.3 Å². The zero-order chi connectivity index (χ0) is 47.4. The van der Waals surface area contributed by atoms with Gasteiger partial charge < -0.3 is 13.9 Å². The van der Waals surface area contributed by atoms with Crippen LogP contribution < -0.4 is 9.30 Å². The van der Waals surface area contributed by atoms with E-state index >= 15 is 0 Å². The Morgan fingerprint density at radius 2 is 1.06 bits per heavy atom. The number of fused-ring (bicyclic) bond motifs is 3. The molecule has 0 fully saturated rings. The van der Waals surface area contributed by atoms with Crippen LogP contribution in [0.1, 0.15) is 101 Å². The minimum absolute atomic E-state index is 0. The Balaban J connectivity index is 0.00000593. The van der Waals surface area contributed by atoms with Crippen molar-refractivity contribution < 1.29 is 30.4 Å². The number of imidazole rings is 1. The molecule has 10 aromatic rings. The van der Waals surface area contributed by atoms with Gasteiger partial charge in [-0.1, -0.05) is 183 Å². The third-order valence-electron chi connectivity index (χ3n) is 14.1. The van der Waals surface area contributed by atoms with Crippen molar-refractivity contribution >= 4 is 21.8 Å². The first-order valence-electron chi connectivity index (χ1n) is 23.6. The molecule has 0 unspecified atom stereocenters. The van der Waals surface area contributed by atoms with Gasteiger partial charge in [0.2, 0.25) is 0 Å². The average molecular weight is 1080 g/mol.